The van der Waals surface area contributed by atoms with E-state index in [4.69, 9.17) is 10.5 Å². The zero-order valence-corrected chi connectivity index (χ0v) is 8.45. The molecule has 0 heterocycles. The molecule has 0 aromatic carbocycles. The van der Waals surface area contributed by atoms with E-state index in [1.807, 2.05) is 0 Å². The number of ether oxygens (including phenoxy) is 1. The SMILES string of the molecule is COCC(N)C(=O)NCC1(O)CCC1. The minimum Gasteiger partial charge on any atom is -0.388 e. The Morgan fingerprint density at radius 3 is 2.79 bits per heavy atom. The highest BCUT2D eigenvalue weighted by Crippen LogP contribution is 2.30. The molecule has 0 bridgehead atoms. The lowest BCUT2D eigenvalue weighted by Crippen LogP contribution is -2.52. The largest absolute Gasteiger partial charge is 0.388 e. The zero-order valence-electron chi connectivity index (χ0n) is 8.45. The molecule has 0 aromatic heterocycles. The van der Waals surface area contributed by atoms with Crippen LogP contribution in [0.1, 0.15) is 19.3 Å². The minimum atomic E-state index is -0.692. The van der Waals surface area contributed by atoms with Crippen molar-refractivity contribution in [2.45, 2.75) is 30.9 Å². The van der Waals surface area contributed by atoms with Crippen LogP contribution in [-0.2, 0) is 9.53 Å². The number of nitrogens with one attached hydrogen (secondary N) is 1. The molecular formula is C9H18N2O3. The fourth-order valence-corrected chi connectivity index (χ4v) is 1.40. The van der Waals surface area contributed by atoms with Gasteiger partial charge in [-0.1, -0.05) is 0 Å². The molecule has 1 rings (SSSR count). The van der Waals surface area contributed by atoms with E-state index in [9.17, 15) is 9.90 Å². The average Bonchev–Trinajstić information content (AvgIpc) is 2.11. The quantitative estimate of drug-likeness (QED) is 0.533. The van der Waals surface area contributed by atoms with E-state index < -0.39 is 11.6 Å². The second kappa shape index (κ2) is 4.72. The molecule has 0 spiro atoms. The van der Waals surface area contributed by atoms with Crippen molar-refractivity contribution in [1.82, 2.24) is 5.32 Å². The number of rotatable bonds is 5. The van der Waals surface area contributed by atoms with Crippen LogP contribution in [0, 0.1) is 0 Å². The standard InChI is InChI=1S/C9H18N2O3/c1-14-5-7(10)8(12)11-6-9(13)3-2-4-9/h7,13H,2-6,10H2,1H3,(H,11,12). The summed E-state index contributed by atoms with van der Waals surface area (Å²) in [6.45, 7) is 0.494. The molecule has 0 aliphatic heterocycles. The minimum absolute atomic E-state index is 0.199. The lowest BCUT2D eigenvalue weighted by Gasteiger charge is -2.36. The van der Waals surface area contributed by atoms with Crippen molar-refractivity contribution in [3.63, 3.8) is 0 Å². The van der Waals surface area contributed by atoms with Gasteiger partial charge in [-0.3, -0.25) is 4.79 Å². The molecule has 1 unspecified atom stereocenters. The molecule has 0 radical (unpaired) electrons. The number of carbonyl (C=O) groups is 1. The maximum atomic E-state index is 11.3. The van der Waals surface area contributed by atoms with Crippen LogP contribution in [0.3, 0.4) is 0 Å². The van der Waals surface area contributed by atoms with Crippen molar-refractivity contribution < 1.29 is 14.6 Å². The maximum Gasteiger partial charge on any atom is 0.239 e. The summed E-state index contributed by atoms with van der Waals surface area (Å²) in [5, 5.41) is 12.3. The van der Waals surface area contributed by atoms with Crippen LogP contribution in [0.5, 0.6) is 0 Å². The predicted molar refractivity (Wildman–Crippen MR) is 51.7 cm³/mol. The third-order valence-corrected chi connectivity index (χ3v) is 2.56. The van der Waals surface area contributed by atoms with Gasteiger partial charge in [-0.05, 0) is 19.3 Å². The van der Waals surface area contributed by atoms with E-state index in [-0.39, 0.29) is 12.5 Å². The van der Waals surface area contributed by atoms with Crippen molar-refractivity contribution in [1.29, 1.82) is 0 Å². The van der Waals surface area contributed by atoms with Gasteiger partial charge >= 0.3 is 0 Å². The monoisotopic (exact) mass is 202 g/mol. The lowest BCUT2D eigenvalue weighted by molar-refractivity contribution is -0.125. The molecule has 5 heteroatoms. The molecule has 5 nitrogen and oxygen atoms in total. The first-order chi connectivity index (χ1) is 6.57. The van der Waals surface area contributed by atoms with Crippen molar-refractivity contribution in [3.8, 4) is 0 Å². The first kappa shape index (κ1) is 11.4. The van der Waals surface area contributed by atoms with Crippen LogP contribution < -0.4 is 11.1 Å². The Labute approximate surface area is 83.6 Å². The molecule has 4 N–H and O–H groups in total. The van der Waals surface area contributed by atoms with Gasteiger partial charge in [-0.15, -0.1) is 0 Å². The van der Waals surface area contributed by atoms with Crippen LogP contribution in [0.2, 0.25) is 0 Å². The van der Waals surface area contributed by atoms with Gasteiger partial charge in [0.2, 0.25) is 5.91 Å². The summed E-state index contributed by atoms with van der Waals surface area (Å²) in [6.07, 6.45) is 2.54. The smallest absolute Gasteiger partial charge is 0.239 e. The fourth-order valence-electron chi connectivity index (χ4n) is 1.40. The van der Waals surface area contributed by atoms with Gasteiger partial charge < -0.3 is 20.9 Å². The molecule has 0 saturated heterocycles. The highest BCUT2D eigenvalue weighted by atomic mass is 16.5. The number of hydrogen-bond acceptors (Lipinski definition) is 4. The van der Waals surface area contributed by atoms with Gasteiger partial charge in [0.1, 0.15) is 6.04 Å². The van der Waals surface area contributed by atoms with Crippen molar-refractivity contribution in [2.75, 3.05) is 20.3 Å². The molecule has 1 aliphatic rings. The van der Waals surface area contributed by atoms with Crippen molar-refractivity contribution in [3.05, 3.63) is 0 Å². The molecular weight excluding hydrogens is 184 g/mol. The van der Waals surface area contributed by atoms with Crippen LogP contribution in [0.4, 0.5) is 0 Å². The third kappa shape index (κ3) is 2.94. The summed E-state index contributed by atoms with van der Waals surface area (Å²) in [4.78, 5) is 11.3. The summed E-state index contributed by atoms with van der Waals surface area (Å²) in [5.74, 6) is -0.271. The van der Waals surface area contributed by atoms with Gasteiger partial charge in [-0.25, -0.2) is 0 Å². The topological polar surface area (TPSA) is 84.6 Å². The van der Waals surface area contributed by atoms with E-state index in [0.717, 1.165) is 19.3 Å². The molecule has 1 aliphatic carbocycles. The van der Waals surface area contributed by atoms with Crippen LogP contribution in [0.25, 0.3) is 0 Å². The summed E-state index contributed by atoms with van der Waals surface area (Å²) >= 11 is 0. The first-order valence-corrected chi connectivity index (χ1v) is 4.82. The van der Waals surface area contributed by atoms with Gasteiger partial charge in [-0.2, -0.15) is 0 Å². The summed E-state index contributed by atoms with van der Waals surface area (Å²) in [7, 11) is 1.49. The molecule has 1 saturated carbocycles. The number of carbonyl (C=O) groups excluding carboxylic acids is 1. The molecule has 0 aromatic rings. The van der Waals surface area contributed by atoms with E-state index in [1.54, 1.807) is 0 Å². The summed E-state index contributed by atoms with van der Waals surface area (Å²) in [5.41, 5.74) is 4.81. The van der Waals surface area contributed by atoms with Crippen LogP contribution >= 0.6 is 0 Å². The molecule has 14 heavy (non-hydrogen) atoms. The van der Waals surface area contributed by atoms with E-state index >= 15 is 0 Å². The second-order valence-corrected chi connectivity index (χ2v) is 3.86. The molecule has 1 fully saturated rings. The van der Waals surface area contributed by atoms with Crippen LogP contribution in [-0.4, -0.2) is 42.9 Å². The first-order valence-electron chi connectivity index (χ1n) is 4.82. The third-order valence-electron chi connectivity index (χ3n) is 2.56. The Kier molecular flexibility index (Phi) is 3.86. The summed E-state index contributed by atoms with van der Waals surface area (Å²) < 4.78 is 4.75. The van der Waals surface area contributed by atoms with Gasteiger partial charge in [0.25, 0.3) is 0 Å². The Balaban J connectivity index is 2.20. The normalized spacial score (nSPS) is 21.1. The van der Waals surface area contributed by atoms with Gasteiger partial charge in [0.15, 0.2) is 0 Å². The Morgan fingerprint density at radius 1 is 1.71 bits per heavy atom. The van der Waals surface area contributed by atoms with Crippen molar-refractivity contribution in [2.24, 2.45) is 5.73 Å². The Morgan fingerprint density at radius 2 is 2.36 bits per heavy atom. The number of methoxy groups -OCH3 is 1. The number of aliphatic hydroxyl groups is 1. The van der Waals surface area contributed by atoms with Gasteiger partial charge in [0.05, 0.1) is 12.2 Å². The molecule has 1 atom stereocenters. The van der Waals surface area contributed by atoms with Crippen molar-refractivity contribution >= 4 is 5.91 Å². The molecule has 1 amide bonds. The summed E-state index contributed by atoms with van der Waals surface area (Å²) in [6, 6.07) is -0.649. The lowest BCUT2D eigenvalue weighted by atomic mass is 9.80. The second-order valence-electron chi connectivity index (χ2n) is 3.86. The fraction of sp³-hybridized carbons (Fsp3) is 0.889. The van der Waals surface area contributed by atoms with Crippen LogP contribution in [0.15, 0.2) is 0 Å². The number of amides is 1. The zero-order chi connectivity index (χ0) is 10.6. The average molecular weight is 202 g/mol. The Bertz CT molecular complexity index is 204. The number of hydrogen-bond donors (Lipinski definition) is 3. The highest BCUT2D eigenvalue weighted by molar-refractivity contribution is 5.81. The number of nitrogens with two attached hydrogens (primary N) is 1. The predicted octanol–water partition coefficient (Wildman–Crippen LogP) is -1.01. The Hall–Kier alpha value is -0.650. The van der Waals surface area contributed by atoms with E-state index in [0.29, 0.717) is 6.54 Å². The van der Waals surface area contributed by atoms with E-state index in [1.165, 1.54) is 7.11 Å². The van der Waals surface area contributed by atoms with Gasteiger partial charge in [0, 0.05) is 13.7 Å². The highest BCUT2D eigenvalue weighted by Gasteiger charge is 2.34. The van der Waals surface area contributed by atoms with E-state index in [2.05, 4.69) is 5.32 Å². The molecule has 82 valence electrons. The maximum absolute atomic E-state index is 11.3.